The Morgan fingerprint density at radius 3 is 1.82 bits per heavy atom. The summed E-state index contributed by atoms with van der Waals surface area (Å²) >= 11 is 0. The Morgan fingerprint density at radius 2 is 1.11 bits per heavy atom. The maximum Gasteiger partial charge on any atom is 0.195 e. The predicted molar refractivity (Wildman–Crippen MR) is 254 cm³/mol. The zero-order valence-electron chi connectivity index (χ0n) is 33.5. The zero-order valence-corrected chi connectivity index (χ0v) is 33.5. The Labute approximate surface area is 360 Å². The van der Waals surface area contributed by atoms with Crippen molar-refractivity contribution in [1.82, 2.24) is 0 Å². The molecule has 0 aliphatic carbocycles. The molecule has 0 radical (unpaired) electrons. The van der Waals surface area contributed by atoms with Gasteiger partial charge in [-0.05, 0) is 114 Å². The first kappa shape index (κ1) is 38.6. The molecule has 0 bridgehead atoms. The van der Waals surface area contributed by atoms with Gasteiger partial charge in [0.25, 0.3) is 0 Å². The first-order valence-corrected chi connectivity index (χ1v) is 20.1. The summed E-state index contributed by atoms with van der Waals surface area (Å²) in [5, 5.41) is 14.2. The van der Waals surface area contributed by atoms with Crippen molar-refractivity contribution in [3.05, 3.63) is 239 Å². The highest BCUT2D eigenvalue weighted by Gasteiger charge is 2.11. The van der Waals surface area contributed by atoms with Gasteiger partial charge in [0.05, 0.1) is 31.3 Å². The molecule has 0 unspecified atom stereocenters. The maximum absolute atomic E-state index is 9.18. The van der Waals surface area contributed by atoms with E-state index in [4.69, 9.17) is 23.9 Å². The topological polar surface area (TPSA) is 83.2 Å². The molecule has 0 aliphatic rings. The van der Waals surface area contributed by atoms with Gasteiger partial charge in [0.1, 0.15) is 5.84 Å². The molecule has 0 heterocycles. The fraction of sp³-hybridized carbons (Fsp3) is 0.0179. The molecule has 9 aromatic rings. The lowest BCUT2D eigenvalue weighted by Gasteiger charge is -2.11. The predicted octanol–water partition coefficient (Wildman–Crippen LogP) is 14.0. The molecule has 9 aromatic carbocycles. The minimum atomic E-state index is 0.264. The first-order chi connectivity index (χ1) is 30.5. The molecule has 6 nitrogen and oxygen atoms in total. The third-order valence-electron chi connectivity index (χ3n) is 11.1. The second-order valence-corrected chi connectivity index (χ2v) is 14.9. The number of nitrogens with zero attached hydrogens (tertiary/aromatic N) is 5. The van der Waals surface area contributed by atoms with E-state index in [1.807, 2.05) is 48.5 Å². The van der Waals surface area contributed by atoms with Crippen LogP contribution >= 0.6 is 0 Å². The molecule has 0 saturated heterocycles. The van der Waals surface area contributed by atoms with Crippen LogP contribution in [0.3, 0.4) is 0 Å². The second kappa shape index (κ2) is 17.1. The van der Waals surface area contributed by atoms with Gasteiger partial charge in [0, 0.05) is 11.1 Å². The highest BCUT2D eigenvalue weighted by molar-refractivity contribution is 6.11. The van der Waals surface area contributed by atoms with Crippen molar-refractivity contribution < 1.29 is 0 Å². The van der Waals surface area contributed by atoms with E-state index < -0.39 is 0 Å². The molecule has 2 N–H and O–H groups in total. The van der Waals surface area contributed by atoms with Crippen LogP contribution in [0.2, 0.25) is 0 Å². The number of nitrogens with two attached hydrogens (primary N) is 1. The van der Waals surface area contributed by atoms with E-state index in [-0.39, 0.29) is 5.84 Å². The van der Waals surface area contributed by atoms with Crippen LogP contribution < -0.4 is 5.73 Å². The summed E-state index contributed by atoms with van der Waals surface area (Å²) in [5.41, 5.74) is 18.8. The largest absolute Gasteiger partial charge is 0.383 e. The summed E-state index contributed by atoms with van der Waals surface area (Å²) < 4.78 is 0. The highest BCUT2D eigenvalue weighted by atomic mass is 15.0. The Balaban J connectivity index is 0.926. The van der Waals surface area contributed by atoms with Gasteiger partial charge in [-0.1, -0.05) is 152 Å². The molecule has 0 amide bonds. The van der Waals surface area contributed by atoms with Gasteiger partial charge >= 0.3 is 0 Å². The molecule has 62 heavy (non-hydrogen) atoms. The second-order valence-electron chi connectivity index (χ2n) is 14.9. The van der Waals surface area contributed by atoms with Crippen LogP contribution in [0.5, 0.6) is 0 Å². The first-order valence-electron chi connectivity index (χ1n) is 20.1. The number of nitriles is 1. The molecule has 0 saturated carbocycles. The van der Waals surface area contributed by atoms with Crippen LogP contribution in [0.4, 0.5) is 11.4 Å². The summed E-state index contributed by atoms with van der Waals surface area (Å²) in [5.74, 6) is 0.690. The number of aliphatic imine (C=N–C) groups is 2. The third kappa shape index (κ3) is 8.07. The standard InChI is InChI=1S/C56H36N6/c1-59-50-28-24-44(25-29-50)56(62-55(58)43-16-10-37(35-57)11-17-43)61-36-38-12-14-42(15-13-38)53-31-27-48(34-54(53)60-2)46-8-5-7-45(32-46)39-18-20-40(21-19-39)47-26-30-52-49(33-47)23-22-41-6-3-4-9-51(41)52/h3-34H,36H2,(H2,58,61,62). The van der Waals surface area contributed by atoms with Gasteiger partial charge in [-0.25, -0.2) is 14.7 Å². The van der Waals surface area contributed by atoms with E-state index in [0.29, 0.717) is 34.9 Å². The van der Waals surface area contributed by atoms with E-state index in [1.165, 1.54) is 32.7 Å². The fourth-order valence-electron chi connectivity index (χ4n) is 7.70. The molecule has 0 atom stereocenters. The molecular formula is C56H36N6. The number of rotatable bonds is 8. The minimum Gasteiger partial charge on any atom is -0.383 e. The zero-order chi connectivity index (χ0) is 42.4. The third-order valence-corrected chi connectivity index (χ3v) is 11.1. The molecule has 0 aromatic heterocycles. The summed E-state index contributed by atoms with van der Waals surface area (Å²) in [6.07, 6.45) is 0. The monoisotopic (exact) mass is 792 g/mol. The average Bonchev–Trinajstić information content (AvgIpc) is 3.35. The smallest absolute Gasteiger partial charge is 0.195 e. The number of benzene rings is 9. The van der Waals surface area contributed by atoms with E-state index in [1.54, 1.807) is 36.4 Å². The number of amidine groups is 2. The van der Waals surface area contributed by atoms with E-state index in [0.717, 1.165) is 44.5 Å². The van der Waals surface area contributed by atoms with Gasteiger partial charge in [-0.15, -0.1) is 0 Å². The maximum atomic E-state index is 9.18. The number of hydrogen-bond acceptors (Lipinski definition) is 2. The van der Waals surface area contributed by atoms with Crippen molar-refractivity contribution in [3.63, 3.8) is 0 Å². The lowest BCUT2D eigenvalue weighted by atomic mass is 9.94. The fourth-order valence-corrected chi connectivity index (χ4v) is 7.70. The Hall–Kier alpha value is -8.89. The highest BCUT2D eigenvalue weighted by Crippen LogP contribution is 2.37. The number of fused-ring (bicyclic) bond motifs is 3. The Bertz CT molecular complexity index is 3320. The van der Waals surface area contributed by atoms with Gasteiger partial charge in [-0.3, -0.25) is 4.99 Å². The molecule has 0 aliphatic heterocycles. The van der Waals surface area contributed by atoms with Gasteiger partial charge in [-0.2, -0.15) is 5.26 Å². The lowest BCUT2D eigenvalue weighted by Crippen LogP contribution is -2.16. The Kier molecular flexibility index (Phi) is 10.7. The summed E-state index contributed by atoms with van der Waals surface area (Å²) in [6, 6.07) is 67.0. The molecule has 9 rings (SSSR count). The van der Waals surface area contributed by atoms with E-state index >= 15 is 0 Å². The van der Waals surface area contributed by atoms with Crippen molar-refractivity contribution in [3.8, 4) is 50.6 Å². The van der Waals surface area contributed by atoms with Gasteiger partial charge in [0.15, 0.2) is 17.2 Å². The van der Waals surface area contributed by atoms with Crippen molar-refractivity contribution in [1.29, 1.82) is 5.26 Å². The van der Waals surface area contributed by atoms with Gasteiger partial charge < -0.3 is 5.73 Å². The average molecular weight is 793 g/mol. The number of hydrogen-bond donors (Lipinski definition) is 1. The van der Waals surface area contributed by atoms with Crippen LogP contribution in [0.25, 0.3) is 75.7 Å². The van der Waals surface area contributed by atoms with Gasteiger partial charge in [0.2, 0.25) is 0 Å². The molecule has 0 spiro atoms. The van der Waals surface area contributed by atoms with Crippen molar-refractivity contribution >= 4 is 44.6 Å². The van der Waals surface area contributed by atoms with E-state index in [9.17, 15) is 5.26 Å². The van der Waals surface area contributed by atoms with Crippen molar-refractivity contribution in [2.45, 2.75) is 6.54 Å². The van der Waals surface area contributed by atoms with Crippen molar-refractivity contribution in [2.75, 3.05) is 0 Å². The minimum absolute atomic E-state index is 0.264. The van der Waals surface area contributed by atoms with Crippen LogP contribution in [-0.2, 0) is 6.54 Å². The van der Waals surface area contributed by atoms with Crippen LogP contribution in [0.1, 0.15) is 22.3 Å². The van der Waals surface area contributed by atoms with Crippen LogP contribution in [0.15, 0.2) is 204 Å². The molecule has 290 valence electrons. The molecule has 6 heteroatoms. The quantitative estimate of drug-likeness (QED) is 0.0719. The normalized spacial score (nSPS) is 11.5. The van der Waals surface area contributed by atoms with Crippen molar-refractivity contribution in [2.24, 2.45) is 15.7 Å². The molecular weight excluding hydrogens is 757 g/mol. The Morgan fingerprint density at radius 1 is 0.516 bits per heavy atom. The van der Waals surface area contributed by atoms with E-state index in [2.05, 4.69) is 130 Å². The summed E-state index contributed by atoms with van der Waals surface area (Å²) in [4.78, 5) is 16.9. The molecule has 0 fully saturated rings. The SMILES string of the molecule is [C-]#[N+]c1ccc(C(N=C(N)c2ccc(C#N)cc2)=NCc2ccc(-c3ccc(-c4cccc(-c5ccc(-c6ccc7c(ccc8ccccc87)c6)cc5)c4)cc3[N+]#[C-])cc2)cc1. The summed E-state index contributed by atoms with van der Waals surface area (Å²) in [6.45, 7) is 15.8. The van der Waals surface area contributed by atoms with Crippen LogP contribution in [-0.4, -0.2) is 11.7 Å². The summed E-state index contributed by atoms with van der Waals surface area (Å²) in [7, 11) is 0. The lowest BCUT2D eigenvalue weighted by molar-refractivity contribution is 1.06. The van der Waals surface area contributed by atoms with Crippen LogP contribution in [0, 0.1) is 24.5 Å².